The Hall–Kier alpha value is -3.26. The molecule has 0 aromatic heterocycles. The minimum absolute atomic E-state index is 0.227. The number of benzene rings is 2. The molecule has 2 aromatic carbocycles. The second-order valence-electron chi connectivity index (χ2n) is 5.82. The van der Waals surface area contributed by atoms with E-state index in [1.165, 1.54) is 18.9 Å². The number of esters is 1. The fourth-order valence-corrected chi connectivity index (χ4v) is 3.33. The molecule has 150 valence electrons. The molecular formula is C21H20N2O5S. The third-order valence-corrected chi connectivity index (χ3v) is 4.68. The minimum Gasteiger partial charge on any atom is -0.493 e. The Bertz CT molecular complexity index is 957. The largest absolute Gasteiger partial charge is 0.493 e. The zero-order valence-corrected chi connectivity index (χ0v) is 16.8. The fraction of sp³-hybridized carbons (Fsp3) is 0.190. The highest BCUT2D eigenvalue weighted by Gasteiger charge is 2.24. The molecule has 1 heterocycles. The van der Waals surface area contributed by atoms with Crippen LogP contribution in [0.25, 0.3) is 6.08 Å². The zero-order valence-electron chi connectivity index (χ0n) is 16.0. The van der Waals surface area contributed by atoms with Gasteiger partial charge in [0.25, 0.3) is 5.91 Å². The average molecular weight is 412 g/mol. The van der Waals surface area contributed by atoms with Crippen molar-refractivity contribution in [3.05, 3.63) is 59.0 Å². The van der Waals surface area contributed by atoms with E-state index in [0.29, 0.717) is 21.6 Å². The Labute approximate surface area is 172 Å². The number of hydrogen-bond donors (Lipinski definition) is 1. The highest BCUT2D eigenvalue weighted by atomic mass is 32.2. The molecule has 8 heteroatoms. The number of methoxy groups -OCH3 is 1. The highest BCUT2D eigenvalue weighted by Crippen LogP contribution is 2.32. The maximum absolute atomic E-state index is 12.3. The summed E-state index contributed by atoms with van der Waals surface area (Å²) in [7, 11) is 1.51. The van der Waals surface area contributed by atoms with Gasteiger partial charge < -0.3 is 19.5 Å². The number of nitrogens with one attached hydrogen (secondary N) is 1. The molecule has 0 radical (unpaired) electrons. The first-order valence-corrected chi connectivity index (χ1v) is 9.71. The predicted molar refractivity (Wildman–Crippen MR) is 112 cm³/mol. The number of thioether (sulfide) groups is 1. The molecule has 0 aliphatic carbocycles. The molecule has 2 aromatic rings. The SMILES string of the molecule is CCOC(=O)COc1cc(/C=C2/SC(=Nc3ccccc3)NC2=O)ccc1OC. The maximum Gasteiger partial charge on any atom is 0.344 e. The monoisotopic (exact) mass is 412 g/mol. The molecular weight excluding hydrogens is 392 g/mol. The van der Waals surface area contributed by atoms with Gasteiger partial charge in [-0.3, -0.25) is 4.79 Å². The summed E-state index contributed by atoms with van der Waals surface area (Å²) < 4.78 is 15.6. The number of nitrogens with zero attached hydrogens (tertiary/aromatic N) is 1. The first-order valence-electron chi connectivity index (χ1n) is 8.90. The number of para-hydroxylation sites is 1. The lowest BCUT2D eigenvalue weighted by molar-refractivity contribution is -0.145. The molecule has 1 aliphatic rings. The van der Waals surface area contributed by atoms with Gasteiger partial charge in [-0.2, -0.15) is 0 Å². The van der Waals surface area contributed by atoms with Gasteiger partial charge in [0.2, 0.25) is 0 Å². The van der Waals surface area contributed by atoms with Gasteiger partial charge in [-0.15, -0.1) is 0 Å². The van der Waals surface area contributed by atoms with Gasteiger partial charge in [-0.05, 0) is 54.6 Å². The average Bonchev–Trinajstić information content (AvgIpc) is 3.06. The number of amides is 1. The van der Waals surface area contributed by atoms with Gasteiger partial charge in [-0.25, -0.2) is 9.79 Å². The normalized spacial score (nSPS) is 16.0. The van der Waals surface area contributed by atoms with Crippen molar-refractivity contribution < 1.29 is 23.8 Å². The lowest BCUT2D eigenvalue weighted by Crippen LogP contribution is -2.19. The lowest BCUT2D eigenvalue weighted by atomic mass is 10.2. The predicted octanol–water partition coefficient (Wildman–Crippen LogP) is 3.53. The third kappa shape index (κ3) is 5.61. The van der Waals surface area contributed by atoms with Crippen LogP contribution in [0, 0.1) is 0 Å². The first-order chi connectivity index (χ1) is 14.1. The summed E-state index contributed by atoms with van der Waals surface area (Å²) in [6.45, 7) is 1.78. The number of carbonyl (C=O) groups is 2. The minimum atomic E-state index is -0.467. The summed E-state index contributed by atoms with van der Waals surface area (Å²) in [5.74, 6) is 0.170. The molecule has 7 nitrogen and oxygen atoms in total. The van der Waals surface area contributed by atoms with Crippen LogP contribution in [0.2, 0.25) is 0 Å². The van der Waals surface area contributed by atoms with E-state index >= 15 is 0 Å². The number of carbonyl (C=O) groups excluding carboxylic acids is 2. The van der Waals surface area contributed by atoms with Crippen molar-refractivity contribution in [2.75, 3.05) is 20.3 Å². The quantitative estimate of drug-likeness (QED) is 0.553. The number of hydrogen-bond acceptors (Lipinski definition) is 7. The van der Waals surface area contributed by atoms with Crippen molar-refractivity contribution in [1.29, 1.82) is 0 Å². The summed E-state index contributed by atoms with van der Waals surface area (Å²) >= 11 is 1.25. The molecule has 1 amide bonds. The van der Waals surface area contributed by atoms with Gasteiger partial charge in [0.1, 0.15) is 0 Å². The summed E-state index contributed by atoms with van der Waals surface area (Å²) in [6, 6.07) is 14.6. The second kappa shape index (κ2) is 9.79. The van der Waals surface area contributed by atoms with E-state index in [1.54, 1.807) is 31.2 Å². The van der Waals surface area contributed by atoms with E-state index in [1.807, 2.05) is 30.3 Å². The molecule has 1 N–H and O–H groups in total. The van der Waals surface area contributed by atoms with Gasteiger partial charge >= 0.3 is 5.97 Å². The maximum atomic E-state index is 12.3. The van der Waals surface area contributed by atoms with E-state index < -0.39 is 5.97 Å². The van der Waals surface area contributed by atoms with Crippen LogP contribution in [0.3, 0.4) is 0 Å². The van der Waals surface area contributed by atoms with Crippen molar-refractivity contribution in [2.45, 2.75) is 6.92 Å². The van der Waals surface area contributed by atoms with Crippen molar-refractivity contribution in [2.24, 2.45) is 4.99 Å². The van der Waals surface area contributed by atoms with Crippen LogP contribution in [0.1, 0.15) is 12.5 Å². The van der Waals surface area contributed by atoms with E-state index in [-0.39, 0.29) is 19.1 Å². The van der Waals surface area contributed by atoms with Crippen LogP contribution in [0.5, 0.6) is 11.5 Å². The molecule has 0 atom stereocenters. The second-order valence-corrected chi connectivity index (χ2v) is 6.85. The molecule has 0 spiro atoms. The molecule has 0 bridgehead atoms. The molecule has 29 heavy (non-hydrogen) atoms. The van der Waals surface area contributed by atoms with Crippen molar-refractivity contribution >= 4 is 40.6 Å². The van der Waals surface area contributed by atoms with Crippen LogP contribution < -0.4 is 14.8 Å². The highest BCUT2D eigenvalue weighted by molar-refractivity contribution is 8.18. The van der Waals surface area contributed by atoms with E-state index in [9.17, 15) is 9.59 Å². The van der Waals surface area contributed by atoms with E-state index in [0.717, 1.165) is 11.3 Å². The molecule has 1 saturated heterocycles. The lowest BCUT2D eigenvalue weighted by Gasteiger charge is -2.11. The van der Waals surface area contributed by atoms with Crippen molar-refractivity contribution in [1.82, 2.24) is 5.32 Å². The third-order valence-electron chi connectivity index (χ3n) is 3.77. The van der Waals surface area contributed by atoms with Crippen LogP contribution in [0.4, 0.5) is 5.69 Å². The molecule has 1 fully saturated rings. The number of ether oxygens (including phenoxy) is 3. The van der Waals surface area contributed by atoms with Gasteiger partial charge in [0.05, 0.1) is 24.3 Å². The molecule has 3 rings (SSSR count). The first kappa shape index (κ1) is 20.5. The summed E-state index contributed by atoms with van der Waals surface area (Å²) in [5, 5.41) is 3.27. The Morgan fingerprint density at radius 3 is 2.69 bits per heavy atom. The van der Waals surface area contributed by atoms with Crippen LogP contribution >= 0.6 is 11.8 Å². The van der Waals surface area contributed by atoms with Gasteiger partial charge in [0.15, 0.2) is 23.3 Å². The van der Waals surface area contributed by atoms with E-state index in [4.69, 9.17) is 14.2 Å². The molecule has 1 aliphatic heterocycles. The topological polar surface area (TPSA) is 86.2 Å². The standard InChI is InChI=1S/C21H20N2O5S/c1-3-27-19(24)13-28-17-11-14(9-10-16(17)26-2)12-18-20(25)23-21(29-18)22-15-7-5-4-6-8-15/h4-12H,3,13H2,1-2H3,(H,22,23,25)/b18-12+. The smallest absolute Gasteiger partial charge is 0.344 e. The molecule has 0 saturated carbocycles. The van der Waals surface area contributed by atoms with Gasteiger partial charge in [0, 0.05) is 0 Å². The van der Waals surface area contributed by atoms with Crippen LogP contribution in [-0.2, 0) is 14.3 Å². The van der Waals surface area contributed by atoms with Gasteiger partial charge in [-0.1, -0.05) is 24.3 Å². The van der Waals surface area contributed by atoms with E-state index in [2.05, 4.69) is 10.3 Å². The summed E-state index contributed by atoms with van der Waals surface area (Å²) in [5.41, 5.74) is 1.49. The van der Waals surface area contributed by atoms with Crippen LogP contribution in [0.15, 0.2) is 58.4 Å². The Morgan fingerprint density at radius 2 is 1.97 bits per heavy atom. The summed E-state index contributed by atoms with van der Waals surface area (Å²) in [4.78, 5) is 28.7. The zero-order chi connectivity index (χ0) is 20.6. The van der Waals surface area contributed by atoms with Crippen molar-refractivity contribution in [3.63, 3.8) is 0 Å². The van der Waals surface area contributed by atoms with Crippen molar-refractivity contribution in [3.8, 4) is 11.5 Å². The Balaban J connectivity index is 1.77. The Morgan fingerprint density at radius 1 is 1.17 bits per heavy atom. The number of rotatable bonds is 7. The molecule has 0 unspecified atom stereocenters. The van der Waals surface area contributed by atoms with Crippen LogP contribution in [-0.4, -0.2) is 37.4 Å². The Kier molecular flexibility index (Phi) is 6.91. The number of aliphatic imine (C=N–C) groups is 1. The summed E-state index contributed by atoms with van der Waals surface area (Å²) in [6.07, 6.45) is 1.73. The number of amidine groups is 1. The fourth-order valence-electron chi connectivity index (χ4n) is 2.49.